The largest absolute Gasteiger partial charge is 0.371 e. The van der Waals surface area contributed by atoms with Gasteiger partial charge in [0.15, 0.2) is 5.69 Å². The van der Waals surface area contributed by atoms with Crippen LogP contribution in [0.4, 0.5) is 0 Å². The summed E-state index contributed by atoms with van der Waals surface area (Å²) in [4.78, 5) is 5.37. The summed E-state index contributed by atoms with van der Waals surface area (Å²) in [6.07, 6.45) is 2.16. The van der Waals surface area contributed by atoms with Gasteiger partial charge in [-0.3, -0.25) is 0 Å². The molecule has 2 aromatic rings. The van der Waals surface area contributed by atoms with E-state index >= 15 is 0 Å². The predicted molar refractivity (Wildman–Crippen MR) is 72.2 cm³/mol. The Morgan fingerprint density at radius 1 is 1.47 bits per heavy atom. The number of hydrogen-bond donors (Lipinski definition) is 0. The molecule has 2 aromatic heterocycles. The fraction of sp³-hybridized carbons (Fsp3) is 0.615. The van der Waals surface area contributed by atoms with Crippen molar-refractivity contribution in [3.8, 4) is 6.07 Å². The molecule has 100 valence electrons. The summed E-state index contributed by atoms with van der Waals surface area (Å²) in [5, 5.41) is 14.8. The first kappa shape index (κ1) is 12.6. The van der Waals surface area contributed by atoms with E-state index in [4.69, 9.17) is 4.74 Å². The van der Waals surface area contributed by atoms with Gasteiger partial charge >= 0.3 is 0 Å². The fourth-order valence-corrected chi connectivity index (χ4v) is 3.27. The molecule has 0 saturated carbocycles. The van der Waals surface area contributed by atoms with Gasteiger partial charge in [-0.15, -0.1) is 0 Å². The number of hydrogen-bond acceptors (Lipinski definition) is 5. The van der Waals surface area contributed by atoms with Gasteiger partial charge in [-0.2, -0.15) is 14.9 Å². The van der Waals surface area contributed by atoms with Gasteiger partial charge in [0, 0.05) is 12.0 Å². The maximum atomic E-state index is 9.37. The molecule has 1 aliphatic heterocycles. The topological polar surface area (TPSA) is 63.2 Å². The molecule has 19 heavy (non-hydrogen) atoms. The molecule has 0 aliphatic carbocycles. The number of rotatable bonds is 1. The van der Waals surface area contributed by atoms with Crippen LogP contribution in [0.3, 0.4) is 0 Å². The first-order valence-electron chi connectivity index (χ1n) is 6.42. The Balaban J connectivity index is 2.11. The van der Waals surface area contributed by atoms with Crippen LogP contribution in [-0.4, -0.2) is 21.2 Å². The van der Waals surface area contributed by atoms with Crippen molar-refractivity contribution in [2.75, 3.05) is 6.61 Å². The van der Waals surface area contributed by atoms with Crippen molar-refractivity contribution < 1.29 is 4.74 Å². The van der Waals surface area contributed by atoms with Crippen LogP contribution < -0.4 is 0 Å². The van der Waals surface area contributed by atoms with Crippen molar-refractivity contribution in [2.24, 2.45) is 0 Å². The molecular formula is C13H16N4OS. The highest BCUT2D eigenvalue weighted by atomic mass is 32.1. The lowest BCUT2D eigenvalue weighted by Gasteiger charge is -2.15. The predicted octanol–water partition coefficient (Wildman–Crippen LogP) is 2.81. The lowest BCUT2D eigenvalue weighted by Crippen LogP contribution is -2.14. The Morgan fingerprint density at radius 2 is 2.26 bits per heavy atom. The SMILES string of the molecule is CC(C)(C)c1nc2sc(C3CCCO3)nn2c1C#N. The smallest absolute Gasteiger partial charge is 0.213 e. The summed E-state index contributed by atoms with van der Waals surface area (Å²) in [5.74, 6) is 0. The average molecular weight is 276 g/mol. The van der Waals surface area contributed by atoms with E-state index < -0.39 is 0 Å². The Kier molecular flexibility index (Phi) is 2.84. The average Bonchev–Trinajstić information content (AvgIpc) is 3.01. The highest BCUT2D eigenvalue weighted by Gasteiger charge is 2.28. The molecule has 1 fully saturated rings. The molecule has 0 N–H and O–H groups in total. The molecule has 1 unspecified atom stereocenters. The van der Waals surface area contributed by atoms with Crippen LogP contribution in [0.15, 0.2) is 0 Å². The Labute approximate surface area is 115 Å². The summed E-state index contributed by atoms with van der Waals surface area (Å²) in [5.41, 5.74) is 1.21. The normalized spacial score (nSPS) is 20.0. The van der Waals surface area contributed by atoms with Crippen molar-refractivity contribution in [3.05, 3.63) is 16.4 Å². The molecule has 0 aromatic carbocycles. The van der Waals surface area contributed by atoms with Crippen LogP contribution in [-0.2, 0) is 10.2 Å². The molecule has 5 nitrogen and oxygen atoms in total. The van der Waals surface area contributed by atoms with Crippen molar-refractivity contribution in [1.82, 2.24) is 14.6 Å². The molecule has 1 atom stereocenters. The van der Waals surface area contributed by atoms with E-state index in [1.807, 2.05) is 0 Å². The zero-order valence-electron chi connectivity index (χ0n) is 11.3. The van der Waals surface area contributed by atoms with Crippen molar-refractivity contribution >= 4 is 16.3 Å². The highest BCUT2D eigenvalue weighted by molar-refractivity contribution is 7.16. The zero-order valence-corrected chi connectivity index (χ0v) is 12.1. The molecule has 3 rings (SSSR count). The van der Waals surface area contributed by atoms with Crippen LogP contribution in [0.2, 0.25) is 0 Å². The van der Waals surface area contributed by atoms with Gasteiger partial charge in [0.25, 0.3) is 0 Å². The van der Waals surface area contributed by atoms with Crippen molar-refractivity contribution in [1.29, 1.82) is 5.26 Å². The lowest BCUT2D eigenvalue weighted by molar-refractivity contribution is 0.111. The first-order valence-corrected chi connectivity index (χ1v) is 7.24. The monoisotopic (exact) mass is 276 g/mol. The third-order valence-corrected chi connectivity index (χ3v) is 4.24. The molecular weight excluding hydrogens is 260 g/mol. The molecule has 0 spiro atoms. The number of imidazole rings is 1. The zero-order chi connectivity index (χ0) is 13.6. The first-order chi connectivity index (χ1) is 9.00. The minimum Gasteiger partial charge on any atom is -0.371 e. The quantitative estimate of drug-likeness (QED) is 0.803. The summed E-state index contributed by atoms with van der Waals surface area (Å²) in [6, 6.07) is 2.23. The van der Waals surface area contributed by atoms with E-state index in [0.717, 1.165) is 35.1 Å². The van der Waals surface area contributed by atoms with Gasteiger partial charge in [-0.1, -0.05) is 32.1 Å². The second-order valence-electron chi connectivity index (χ2n) is 5.81. The van der Waals surface area contributed by atoms with E-state index in [1.54, 1.807) is 4.52 Å². The molecule has 1 aliphatic rings. The molecule has 6 heteroatoms. The van der Waals surface area contributed by atoms with Crippen LogP contribution in [0.5, 0.6) is 0 Å². The summed E-state index contributed by atoms with van der Waals surface area (Å²) in [6.45, 7) is 6.97. The maximum absolute atomic E-state index is 9.37. The number of nitriles is 1. The molecule has 1 saturated heterocycles. The fourth-order valence-electron chi connectivity index (χ4n) is 2.29. The van der Waals surface area contributed by atoms with E-state index in [1.165, 1.54) is 11.3 Å². The number of ether oxygens (including phenoxy) is 1. The second-order valence-corrected chi connectivity index (χ2v) is 6.79. The summed E-state index contributed by atoms with van der Waals surface area (Å²) in [7, 11) is 0. The van der Waals surface area contributed by atoms with Gasteiger partial charge in [0.2, 0.25) is 4.96 Å². The number of aromatic nitrogens is 3. The lowest BCUT2D eigenvalue weighted by atomic mass is 9.91. The maximum Gasteiger partial charge on any atom is 0.213 e. The molecule has 0 bridgehead atoms. The van der Waals surface area contributed by atoms with Crippen LogP contribution in [0.25, 0.3) is 4.96 Å². The van der Waals surface area contributed by atoms with Crippen LogP contribution in [0, 0.1) is 11.3 Å². The minimum absolute atomic E-state index is 0.0799. The number of fused-ring (bicyclic) bond motifs is 1. The summed E-state index contributed by atoms with van der Waals surface area (Å²) < 4.78 is 7.30. The molecule has 3 heterocycles. The number of nitrogens with zero attached hydrogens (tertiary/aromatic N) is 4. The van der Waals surface area contributed by atoms with Gasteiger partial charge in [0.05, 0.1) is 5.69 Å². The Morgan fingerprint density at radius 3 is 2.84 bits per heavy atom. The molecule has 0 amide bonds. The standard InChI is InChI=1S/C13H16N4OS/c1-13(2,3)10-8(7-14)17-12(15-10)19-11(16-17)9-5-4-6-18-9/h9H,4-6H2,1-3H3. The van der Waals surface area contributed by atoms with E-state index in [9.17, 15) is 5.26 Å². The second kappa shape index (κ2) is 4.29. The van der Waals surface area contributed by atoms with E-state index in [0.29, 0.717) is 5.69 Å². The van der Waals surface area contributed by atoms with Crippen LogP contribution >= 0.6 is 11.3 Å². The Hall–Kier alpha value is -1.45. The molecule has 0 radical (unpaired) electrons. The van der Waals surface area contributed by atoms with Crippen LogP contribution in [0.1, 0.15) is 56.1 Å². The Bertz CT molecular complexity index is 653. The third kappa shape index (κ3) is 2.03. The van der Waals surface area contributed by atoms with Gasteiger partial charge < -0.3 is 4.74 Å². The van der Waals surface area contributed by atoms with Crippen molar-refractivity contribution in [3.63, 3.8) is 0 Å². The highest BCUT2D eigenvalue weighted by Crippen LogP contribution is 2.34. The minimum atomic E-state index is -0.150. The third-order valence-electron chi connectivity index (χ3n) is 3.24. The summed E-state index contributed by atoms with van der Waals surface area (Å²) >= 11 is 1.53. The van der Waals surface area contributed by atoms with Gasteiger partial charge in [-0.25, -0.2) is 4.98 Å². The van der Waals surface area contributed by atoms with E-state index in [2.05, 4.69) is 36.9 Å². The van der Waals surface area contributed by atoms with Crippen molar-refractivity contribution in [2.45, 2.75) is 45.1 Å². The van der Waals surface area contributed by atoms with Gasteiger partial charge in [-0.05, 0) is 12.8 Å². The van der Waals surface area contributed by atoms with E-state index in [-0.39, 0.29) is 11.5 Å². The van der Waals surface area contributed by atoms with Gasteiger partial charge in [0.1, 0.15) is 17.2 Å².